The molecular formula is C37H45F4N3O4. The molecule has 260 valence electrons. The first-order valence-electron chi connectivity index (χ1n) is 16.3. The van der Waals surface area contributed by atoms with Crippen LogP contribution in [0.4, 0.5) is 17.6 Å². The van der Waals surface area contributed by atoms with Crippen LogP contribution in [-0.4, -0.2) is 46.1 Å². The molecule has 0 radical (unpaired) electrons. The summed E-state index contributed by atoms with van der Waals surface area (Å²) in [6.45, 7) is 14.9. The maximum Gasteiger partial charge on any atom is 0.416 e. The Morgan fingerprint density at radius 3 is 2.17 bits per heavy atom. The molecule has 4 rings (SSSR count). The fourth-order valence-corrected chi connectivity index (χ4v) is 6.89. The summed E-state index contributed by atoms with van der Waals surface area (Å²) < 4.78 is 59.0. The standard InChI is InChI=1S/C37H45F4N3O4/c1-20(2)10-31(44-19-26(8-9-43-17-22(4)18-43)29(15-32(44)45)37(39,40)41)36(48)42-30(16-33(46)47)28-14-27(13-25(7)35(28)38)34-23(5)11-21(3)12-24(34)6/h11-15,19-20,22,30-31H,8-10,16-18H2,1-7H3,(H,42,48)(H,46,47). The summed E-state index contributed by atoms with van der Waals surface area (Å²) in [6.07, 6.45) is -4.22. The van der Waals surface area contributed by atoms with Crippen LogP contribution in [0.1, 0.15) is 84.6 Å². The number of nitrogens with zero attached hydrogens (tertiary/aromatic N) is 2. The van der Waals surface area contributed by atoms with Crippen LogP contribution in [0.3, 0.4) is 0 Å². The number of likely N-dealkylation sites (tertiary alicyclic amines) is 1. The Labute approximate surface area is 279 Å². The topological polar surface area (TPSA) is 91.6 Å². The molecule has 1 amide bonds. The predicted octanol–water partition coefficient (Wildman–Crippen LogP) is 7.32. The number of hydrogen-bond donors (Lipinski definition) is 2. The normalized spacial score (nSPS) is 15.3. The predicted molar refractivity (Wildman–Crippen MR) is 177 cm³/mol. The summed E-state index contributed by atoms with van der Waals surface area (Å²) >= 11 is 0. The van der Waals surface area contributed by atoms with E-state index in [-0.39, 0.29) is 35.4 Å². The molecule has 1 saturated heterocycles. The molecule has 2 N–H and O–H groups in total. The maximum absolute atomic E-state index is 15.8. The van der Waals surface area contributed by atoms with E-state index >= 15 is 4.39 Å². The molecule has 1 fully saturated rings. The second-order valence-electron chi connectivity index (χ2n) is 13.8. The van der Waals surface area contributed by atoms with Gasteiger partial charge in [0.05, 0.1) is 18.0 Å². The van der Waals surface area contributed by atoms with E-state index in [9.17, 15) is 32.7 Å². The van der Waals surface area contributed by atoms with Crippen molar-refractivity contribution in [3.63, 3.8) is 0 Å². The number of aromatic nitrogens is 1. The molecule has 0 aliphatic carbocycles. The van der Waals surface area contributed by atoms with Crippen LogP contribution in [0.15, 0.2) is 41.3 Å². The minimum Gasteiger partial charge on any atom is -0.481 e. The quantitative estimate of drug-likeness (QED) is 0.197. The SMILES string of the molecule is Cc1cc(C)c(-c2cc(C)c(F)c(C(CC(=O)O)NC(=O)C(CC(C)C)n3cc(CCN4CC(C)C4)c(C(F)(F)F)cc3=O)c2)c(C)c1. The van der Waals surface area contributed by atoms with Gasteiger partial charge in [0, 0.05) is 37.5 Å². The fourth-order valence-electron chi connectivity index (χ4n) is 6.89. The number of hydrogen-bond acceptors (Lipinski definition) is 4. The first-order valence-corrected chi connectivity index (χ1v) is 16.3. The van der Waals surface area contributed by atoms with E-state index in [1.807, 2.05) is 37.8 Å². The summed E-state index contributed by atoms with van der Waals surface area (Å²) in [5.74, 6) is -2.47. The number of halogens is 4. The minimum absolute atomic E-state index is 0.0224. The Morgan fingerprint density at radius 2 is 1.62 bits per heavy atom. The molecule has 3 aromatic rings. The lowest BCUT2D eigenvalue weighted by Crippen LogP contribution is -2.46. The number of benzene rings is 2. The Morgan fingerprint density at radius 1 is 1.00 bits per heavy atom. The lowest BCUT2D eigenvalue weighted by molar-refractivity contribution is -0.139. The number of carboxylic acids is 1. The van der Waals surface area contributed by atoms with Gasteiger partial charge in [-0.3, -0.25) is 14.4 Å². The number of rotatable bonds is 12. The number of carboxylic acid groups (broad SMARTS) is 1. The smallest absolute Gasteiger partial charge is 0.416 e. The van der Waals surface area contributed by atoms with Crippen molar-refractivity contribution in [2.45, 2.75) is 86.0 Å². The first-order chi connectivity index (χ1) is 22.3. The van der Waals surface area contributed by atoms with Crippen molar-refractivity contribution < 1.29 is 32.3 Å². The van der Waals surface area contributed by atoms with E-state index in [0.29, 0.717) is 24.1 Å². The lowest BCUT2D eigenvalue weighted by Gasteiger charge is -2.37. The summed E-state index contributed by atoms with van der Waals surface area (Å²) in [4.78, 5) is 41.4. The van der Waals surface area contributed by atoms with E-state index < -0.39 is 53.5 Å². The Balaban J connectivity index is 1.76. The Hall–Kier alpha value is -3.99. The molecule has 7 nitrogen and oxygen atoms in total. The van der Waals surface area contributed by atoms with Gasteiger partial charge in [-0.05, 0) is 97.9 Å². The van der Waals surface area contributed by atoms with E-state index in [0.717, 1.165) is 46.1 Å². The van der Waals surface area contributed by atoms with Gasteiger partial charge in [0.1, 0.15) is 11.9 Å². The third kappa shape index (κ3) is 8.53. The average molecular weight is 672 g/mol. The highest BCUT2D eigenvalue weighted by molar-refractivity contribution is 5.82. The van der Waals surface area contributed by atoms with E-state index in [1.54, 1.807) is 26.8 Å². The second-order valence-corrected chi connectivity index (χ2v) is 13.8. The number of aliphatic carboxylic acids is 1. The highest BCUT2D eigenvalue weighted by atomic mass is 19.4. The number of pyridine rings is 1. The molecule has 1 aliphatic rings. The van der Waals surface area contributed by atoms with Crippen LogP contribution in [0.25, 0.3) is 11.1 Å². The van der Waals surface area contributed by atoms with Gasteiger partial charge >= 0.3 is 12.1 Å². The maximum atomic E-state index is 15.8. The van der Waals surface area contributed by atoms with Crippen molar-refractivity contribution in [3.8, 4) is 11.1 Å². The number of aryl methyl sites for hydroxylation is 4. The van der Waals surface area contributed by atoms with Crippen LogP contribution < -0.4 is 10.9 Å². The Kier molecular flexibility index (Phi) is 11.2. The fraction of sp³-hybridized carbons (Fsp3) is 0.486. The molecular weight excluding hydrogens is 626 g/mol. The van der Waals surface area contributed by atoms with Crippen LogP contribution in [0, 0.1) is 45.3 Å². The number of nitrogens with one attached hydrogen (secondary N) is 1. The molecule has 2 heterocycles. The van der Waals surface area contributed by atoms with Gasteiger partial charge in [0.25, 0.3) is 5.56 Å². The number of alkyl halides is 3. The van der Waals surface area contributed by atoms with Gasteiger partial charge < -0.3 is 19.9 Å². The molecule has 1 aromatic heterocycles. The molecule has 11 heteroatoms. The largest absolute Gasteiger partial charge is 0.481 e. The summed E-state index contributed by atoms with van der Waals surface area (Å²) in [7, 11) is 0. The van der Waals surface area contributed by atoms with E-state index in [4.69, 9.17) is 0 Å². The van der Waals surface area contributed by atoms with Crippen molar-refractivity contribution in [1.29, 1.82) is 0 Å². The van der Waals surface area contributed by atoms with E-state index in [2.05, 4.69) is 12.2 Å². The van der Waals surface area contributed by atoms with Crippen molar-refractivity contribution in [3.05, 3.63) is 91.6 Å². The van der Waals surface area contributed by atoms with Crippen LogP contribution in [0.5, 0.6) is 0 Å². The zero-order valence-corrected chi connectivity index (χ0v) is 28.6. The van der Waals surface area contributed by atoms with Gasteiger partial charge in [-0.25, -0.2) is 4.39 Å². The van der Waals surface area contributed by atoms with Gasteiger partial charge in [0.15, 0.2) is 0 Å². The van der Waals surface area contributed by atoms with Gasteiger partial charge in [-0.1, -0.05) is 38.5 Å². The number of amides is 1. The molecule has 0 spiro atoms. The Bertz CT molecular complexity index is 1720. The third-order valence-corrected chi connectivity index (χ3v) is 8.96. The number of carbonyl (C=O) groups excluding carboxylic acids is 1. The lowest BCUT2D eigenvalue weighted by atomic mass is 9.89. The van der Waals surface area contributed by atoms with Crippen LogP contribution in [-0.2, 0) is 22.2 Å². The highest BCUT2D eigenvalue weighted by Gasteiger charge is 2.36. The van der Waals surface area contributed by atoms with Gasteiger partial charge in [0.2, 0.25) is 5.91 Å². The second kappa shape index (κ2) is 14.6. The van der Waals surface area contributed by atoms with Gasteiger partial charge in [-0.2, -0.15) is 13.2 Å². The third-order valence-electron chi connectivity index (χ3n) is 8.96. The first kappa shape index (κ1) is 36.8. The molecule has 2 atom stereocenters. The summed E-state index contributed by atoms with van der Waals surface area (Å²) in [5, 5.41) is 12.5. The van der Waals surface area contributed by atoms with Crippen LogP contribution in [0.2, 0.25) is 0 Å². The number of carbonyl (C=O) groups is 2. The van der Waals surface area contributed by atoms with Gasteiger partial charge in [-0.15, -0.1) is 0 Å². The summed E-state index contributed by atoms with van der Waals surface area (Å²) in [6, 6.07) is 5.14. The molecule has 2 aromatic carbocycles. The zero-order chi connectivity index (χ0) is 35.7. The summed E-state index contributed by atoms with van der Waals surface area (Å²) in [5.41, 5.74) is 2.53. The van der Waals surface area contributed by atoms with Crippen molar-refractivity contribution >= 4 is 11.9 Å². The van der Waals surface area contributed by atoms with Crippen LogP contribution >= 0.6 is 0 Å². The monoisotopic (exact) mass is 671 g/mol. The average Bonchev–Trinajstić information content (AvgIpc) is 2.93. The minimum atomic E-state index is -4.77. The molecule has 1 aliphatic heterocycles. The van der Waals surface area contributed by atoms with Crippen molar-refractivity contribution in [2.24, 2.45) is 11.8 Å². The van der Waals surface area contributed by atoms with Crippen molar-refractivity contribution in [2.75, 3.05) is 19.6 Å². The molecule has 0 saturated carbocycles. The van der Waals surface area contributed by atoms with E-state index in [1.165, 1.54) is 6.07 Å². The molecule has 48 heavy (non-hydrogen) atoms. The zero-order valence-electron chi connectivity index (χ0n) is 28.6. The van der Waals surface area contributed by atoms with Crippen molar-refractivity contribution in [1.82, 2.24) is 14.8 Å². The molecule has 2 unspecified atom stereocenters. The highest BCUT2D eigenvalue weighted by Crippen LogP contribution is 2.35. The molecule has 0 bridgehead atoms.